The van der Waals surface area contributed by atoms with Crippen LogP contribution in [0.5, 0.6) is 5.75 Å². The lowest BCUT2D eigenvalue weighted by Crippen LogP contribution is -2.24. The van der Waals surface area contributed by atoms with Crippen LogP contribution < -0.4 is 16.2 Å². The molecule has 0 unspecified atom stereocenters. The first-order chi connectivity index (χ1) is 14.0. The number of hydrogen-bond acceptors (Lipinski definition) is 5. The van der Waals surface area contributed by atoms with Crippen molar-refractivity contribution in [2.24, 2.45) is 0 Å². The third kappa shape index (κ3) is 3.75. The van der Waals surface area contributed by atoms with Gasteiger partial charge >= 0.3 is 5.69 Å². The van der Waals surface area contributed by atoms with Crippen LogP contribution in [0, 0.1) is 6.92 Å². The second kappa shape index (κ2) is 7.63. The Hall–Kier alpha value is -3.87. The molecule has 0 saturated carbocycles. The minimum atomic E-state index is -0.189. The highest BCUT2D eigenvalue weighted by molar-refractivity contribution is 5.66. The van der Waals surface area contributed by atoms with E-state index in [9.17, 15) is 4.79 Å². The summed E-state index contributed by atoms with van der Waals surface area (Å²) in [7, 11) is 1.62. The summed E-state index contributed by atoms with van der Waals surface area (Å²) < 4.78 is 8.32. The van der Waals surface area contributed by atoms with E-state index in [0.29, 0.717) is 23.9 Å². The van der Waals surface area contributed by atoms with Gasteiger partial charge in [0.1, 0.15) is 17.4 Å². The molecule has 29 heavy (non-hydrogen) atoms. The normalized spacial score (nSPS) is 10.8. The average molecular weight is 387 g/mol. The molecule has 0 aliphatic carbocycles. The minimum Gasteiger partial charge on any atom is -0.497 e. The monoisotopic (exact) mass is 387 g/mol. The largest absolute Gasteiger partial charge is 0.497 e. The number of nitrogens with zero attached hydrogens (tertiary/aromatic N) is 4. The zero-order chi connectivity index (χ0) is 20.4. The standard InChI is InChI=1S/C22H21N5O2/c1-15-25-27(22(28)26(15)14-16-4-3-5-20(12-16)29-2)19-8-6-17(7-9-19)18-10-11-24-21(23)13-18/h3-13H,14H2,1-2H3,(H2,23,24). The molecule has 146 valence electrons. The molecule has 0 atom stereocenters. The summed E-state index contributed by atoms with van der Waals surface area (Å²) in [6.07, 6.45) is 1.67. The molecule has 0 saturated heterocycles. The molecule has 0 fully saturated rings. The molecule has 7 nitrogen and oxygen atoms in total. The molecule has 4 aromatic rings. The summed E-state index contributed by atoms with van der Waals surface area (Å²) in [5, 5.41) is 4.44. The summed E-state index contributed by atoms with van der Waals surface area (Å²) >= 11 is 0. The molecule has 0 spiro atoms. The first kappa shape index (κ1) is 18.5. The second-order valence-corrected chi connectivity index (χ2v) is 6.70. The molecule has 2 N–H and O–H groups in total. The van der Waals surface area contributed by atoms with Crippen LogP contribution in [0.4, 0.5) is 5.82 Å². The summed E-state index contributed by atoms with van der Waals surface area (Å²) in [5.41, 5.74) is 9.20. The molecule has 7 heteroatoms. The van der Waals surface area contributed by atoms with Gasteiger partial charge in [0.25, 0.3) is 0 Å². The van der Waals surface area contributed by atoms with Crippen LogP contribution >= 0.6 is 0 Å². The maximum Gasteiger partial charge on any atom is 0.351 e. The van der Waals surface area contributed by atoms with E-state index in [0.717, 1.165) is 22.4 Å². The lowest BCUT2D eigenvalue weighted by Gasteiger charge is -2.06. The van der Waals surface area contributed by atoms with Crippen LogP contribution in [0.2, 0.25) is 0 Å². The third-order valence-electron chi connectivity index (χ3n) is 4.75. The number of anilines is 1. The molecular weight excluding hydrogens is 366 g/mol. The molecule has 4 rings (SSSR count). The quantitative estimate of drug-likeness (QED) is 0.569. The topological polar surface area (TPSA) is 88.0 Å². The van der Waals surface area contributed by atoms with E-state index in [1.54, 1.807) is 17.9 Å². The second-order valence-electron chi connectivity index (χ2n) is 6.70. The first-order valence-corrected chi connectivity index (χ1v) is 9.17. The van der Waals surface area contributed by atoms with Gasteiger partial charge in [0.2, 0.25) is 0 Å². The molecule has 2 aromatic carbocycles. The fourth-order valence-corrected chi connectivity index (χ4v) is 3.22. The number of benzene rings is 2. The van der Waals surface area contributed by atoms with Gasteiger partial charge in [-0.3, -0.25) is 4.57 Å². The Morgan fingerprint density at radius 2 is 1.83 bits per heavy atom. The van der Waals surface area contributed by atoms with Crippen LogP contribution in [0.15, 0.2) is 71.7 Å². The van der Waals surface area contributed by atoms with Gasteiger partial charge in [-0.2, -0.15) is 9.78 Å². The van der Waals surface area contributed by atoms with Gasteiger partial charge in [0, 0.05) is 6.20 Å². The number of pyridine rings is 1. The van der Waals surface area contributed by atoms with Crippen molar-refractivity contribution in [2.75, 3.05) is 12.8 Å². The predicted molar refractivity (Wildman–Crippen MR) is 112 cm³/mol. The number of aromatic nitrogens is 4. The minimum absolute atomic E-state index is 0.189. The smallest absolute Gasteiger partial charge is 0.351 e. The van der Waals surface area contributed by atoms with Crippen LogP contribution in [0.1, 0.15) is 11.4 Å². The molecule has 0 aliphatic rings. The van der Waals surface area contributed by atoms with Gasteiger partial charge in [-0.05, 0) is 60.0 Å². The third-order valence-corrected chi connectivity index (χ3v) is 4.75. The number of methoxy groups -OCH3 is 1. The highest BCUT2D eigenvalue weighted by Gasteiger charge is 2.12. The predicted octanol–water partition coefficient (Wildman–Crippen LogP) is 3.04. The Balaban J connectivity index is 1.64. The van der Waals surface area contributed by atoms with E-state index in [4.69, 9.17) is 10.5 Å². The van der Waals surface area contributed by atoms with Gasteiger partial charge in [0.05, 0.1) is 19.3 Å². The summed E-state index contributed by atoms with van der Waals surface area (Å²) in [5.74, 6) is 1.87. The first-order valence-electron chi connectivity index (χ1n) is 9.17. The number of hydrogen-bond donors (Lipinski definition) is 1. The number of nitrogen functional groups attached to an aromatic ring is 1. The number of nitrogens with two attached hydrogens (primary N) is 1. The summed E-state index contributed by atoms with van der Waals surface area (Å²) in [4.78, 5) is 17.0. The summed E-state index contributed by atoms with van der Waals surface area (Å²) in [6.45, 7) is 2.25. The van der Waals surface area contributed by atoms with Gasteiger partial charge in [-0.1, -0.05) is 24.3 Å². The van der Waals surface area contributed by atoms with Crippen LogP contribution in [-0.2, 0) is 6.54 Å². The highest BCUT2D eigenvalue weighted by atomic mass is 16.5. The number of aryl methyl sites for hydroxylation is 1. The lowest BCUT2D eigenvalue weighted by atomic mass is 10.1. The van der Waals surface area contributed by atoms with Crippen molar-refractivity contribution >= 4 is 5.82 Å². The SMILES string of the molecule is COc1cccc(Cn2c(C)nn(-c3ccc(-c4ccnc(N)c4)cc3)c2=O)c1. The molecular formula is C22H21N5O2. The highest BCUT2D eigenvalue weighted by Crippen LogP contribution is 2.21. The Labute approximate surface area is 168 Å². The van der Waals surface area contributed by atoms with Crippen molar-refractivity contribution in [3.63, 3.8) is 0 Å². The maximum absolute atomic E-state index is 13.0. The van der Waals surface area contributed by atoms with E-state index >= 15 is 0 Å². The molecule has 2 aromatic heterocycles. The van der Waals surface area contributed by atoms with Crippen molar-refractivity contribution in [3.05, 3.63) is 88.7 Å². The van der Waals surface area contributed by atoms with E-state index < -0.39 is 0 Å². The number of rotatable bonds is 5. The van der Waals surface area contributed by atoms with Gasteiger partial charge in [-0.15, -0.1) is 0 Å². The van der Waals surface area contributed by atoms with E-state index in [-0.39, 0.29) is 5.69 Å². The lowest BCUT2D eigenvalue weighted by molar-refractivity contribution is 0.414. The van der Waals surface area contributed by atoms with Gasteiger partial charge in [0.15, 0.2) is 0 Å². The maximum atomic E-state index is 13.0. The Morgan fingerprint density at radius 1 is 1.03 bits per heavy atom. The van der Waals surface area contributed by atoms with Crippen molar-refractivity contribution < 1.29 is 4.74 Å². The van der Waals surface area contributed by atoms with Crippen molar-refractivity contribution in [1.82, 2.24) is 19.3 Å². The van der Waals surface area contributed by atoms with E-state index in [2.05, 4.69) is 10.1 Å². The van der Waals surface area contributed by atoms with E-state index in [1.165, 1.54) is 4.68 Å². The number of ether oxygens (including phenoxy) is 1. The fraction of sp³-hybridized carbons (Fsp3) is 0.136. The van der Waals surface area contributed by atoms with Crippen molar-refractivity contribution in [2.45, 2.75) is 13.5 Å². The molecule has 2 heterocycles. The Kier molecular flexibility index (Phi) is 4.87. The average Bonchev–Trinajstić information content (AvgIpc) is 3.02. The van der Waals surface area contributed by atoms with Crippen LogP contribution in [0.25, 0.3) is 16.8 Å². The van der Waals surface area contributed by atoms with Crippen molar-refractivity contribution in [1.29, 1.82) is 0 Å². The van der Waals surface area contributed by atoms with E-state index in [1.807, 2.05) is 67.6 Å². The van der Waals surface area contributed by atoms with Gasteiger partial charge in [-0.25, -0.2) is 9.78 Å². The molecule has 0 bridgehead atoms. The molecule has 0 radical (unpaired) electrons. The summed E-state index contributed by atoms with van der Waals surface area (Å²) in [6, 6.07) is 19.0. The van der Waals surface area contributed by atoms with Crippen LogP contribution in [0.3, 0.4) is 0 Å². The fourth-order valence-electron chi connectivity index (χ4n) is 3.22. The van der Waals surface area contributed by atoms with Crippen LogP contribution in [-0.4, -0.2) is 26.4 Å². The zero-order valence-electron chi connectivity index (χ0n) is 16.2. The Bertz CT molecular complexity index is 1210. The Morgan fingerprint density at radius 3 is 2.55 bits per heavy atom. The van der Waals surface area contributed by atoms with Crippen molar-refractivity contribution in [3.8, 4) is 22.6 Å². The van der Waals surface area contributed by atoms with Gasteiger partial charge < -0.3 is 10.5 Å². The molecule has 0 aliphatic heterocycles. The molecule has 0 amide bonds. The zero-order valence-corrected chi connectivity index (χ0v) is 16.2.